The van der Waals surface area contributed by atoms with Gasteiger partial charge in [0.2, 0.25) is 0 Å². The lowest BCUT2D eigenvalue weighted by molar-refractivity contribution is 0.271. The van der Waals surface area contributed by atoms with Gasteiger partial charge in [0.1, 0.15) is 0 Å². The molecule has 3 nitrogen and oxygen atoms in total. The summed E-state index contributed by atoms with van der Waals surface area (Å²) in [6.45, 7) is 12.1. The van der Waals surface area contributed by atoms with E-state index in [1.807, 2.05) is 0 Å². The maximum Gasteiger partial charge on any atom is 0.161 e. The molecule has 3 heteroatoms. The Kier molecular flexibility index (Phi) is 5.88. The summed E-state index contributed by atoms with van der Waals surface area (Å²) in [5.74, 6) is 1.58. The van der Waals surface area contributed by atoms with E-state index in [1.165, 1.54) is 11.1 Å². The summed E-state index contributed by atoms with van der Waals surface area (Å²) in [5, 5.41) is 3.66. The van der Waals surface area contributed by atoms with Crippen LogP contribution in [0, 0.1) is 12.3 Å². The lowest BCUT2D eigenvalue weighted by Gasteiger charge is -2.33. The molecule has 0 amide bonds. The normalized spacial score (nSPS) is 13.2. The molecule has 114 valence electrons. The van der Waals surface area contributed by atoms with Crippen molar-refractivity contribution in [1.82, 2.24) is 5.32 Å². The van der Waals surface area contributed by atoms with Crippen LogP contribution in [-0.2, 0) is 0 Å². The molecule has 1 rings (SSSR count). The summed E-state index contributed by atoms with van der Waals surface area (Å²) in [6, 6.07) is 4.45. The lowest BCUT2D eigenvalue weighted by Crippen LogP contribution is -2.33. The van der Waals surface area contributed by atoms with E-state index in [-0.39, 0.29) is 5.41 Å². The molecule has 1 aromatic rings. The van der Waals surface area contributed by atoms with Crippen LogP contribution in [0.4, 0.5) is 0 Å². The number of aryl methyl sites for hydroxylation is 1. The van der Waals surface area contributed by atoms with Gasteiger partial charge in [-0.05, 0) is 48.6 Å². The molecular formula is C17H29NO2. The summed E-state index contributed by atoms with van der Waals surface area (Å²) < 4.78 is 10.8. The Labute approximate surface area is 123 Å². The van der Waals surface area contributed by atoms with Crippen LogP contribution < -0.4 is 14.8 Å². The number of hydrogen-bond donors (Lipinski definition) is 1. The summed E-state index contributed by atoms with van der Waals surface area (Å²) in [5.41, 5.74) is 2.65. The summed E-state index contributed by atoms with van der Waals surface area (Å²) in [6.07, 6.45) is 1.12. The number of rotatable bonds is 6. The first-order valence-corrected chi connectivity index (χ1v) is 7.31. The molecule has 0 aliphatic heterocycles. The van der Waals surface area contributed by atoms with Crippen molar-refractivity contribution >= 4 is 0 Å². The first kappa shape index (κ1) is 16.8. The fourth-order valence-corrected chi connectivity index (χ4v) is 2.48. The molecule has 1 atom stereocenters. The van der Waals surface area contributed by atoms with Crippen molar-refractivity contribution in [2.45, 2.75) is 47.1 Å². The quantitative estimate of drug-likeness (QED) is 0.850. The van der Waals surface area contributed by atoms with Crippen LogP contribution in [0.15, 0.2) is 12.1 Å². The molecule has 0 bridgehead atoms. The molecule has 1 aromatic carbocycles. The van der Waals surface area contributed by atoms with Gasteiger partial charge >= 0.3 is 0 Å². The summed E-state index contributed by atoms with van der Waals surface area (Å²) in [4.78, 5) is 0. The number of methoxy groups -OCH3 is 2. The van der Waals surface area contributed by atoms with E-state index in [0.717, 1.165) is 24.5 Å². The van der Waals surface area contributed by atoms with E-state index in [0.29, 0.717) is 6.04 Å². The van der Waals surface area contributed by atoms with Crippen molar-refractivity contribution in [1.29, 1.82) is 0 Å². The zero-order chi connectivity index (χ0) is 15.3. The minimum atomic E-state index is 0.138. The highest BCUT2D eigenvalue weighted by Gasteiger charge is 2.28. The number of ether oxygens (including phenoxy) is 2. The van der Waals surface area contributed by atoms with E-state index < -0.39 is 0 Å². The highest BCUT2D eigenvalue weighted by atomic mass is 16.5. The van der Waals surface area contributed by atoms with Crippen LogP contribution >= 0.6 is 0 Å². The Morgan fingerprint density at radius 3 is 2.10 bits per heavy atom. The SMILES string of the molecule is CCCNC(c1cc(OC)c(OC)cc1C)C(C)(C)C. The van der Waals surface area contributed by atoms with Gasteiger partial charge in [-0.15, -0.1) is 0 Å². The van der Waals surface area contributed by atoms with Crippen molar-refractivity contribution < 1.29 is 9.47 Å². The Balaban J connectivity index is 3.25. The molecule has 20 heavy (non-hydrogen) atoms. The average molecular weight is 279 g/mol. The zero-order valence-electron chi connectivity index (χ0n) is 14.0. The van der Waals surface area contributed by atoms with Crippen molar-refractivity contribution in [3.8, 4) is 11.5 Å². The average Bonchev–Trinajstić information content (AvgIpc) is 2.38. The van der Waals surface area contributed by atoms with Gasteiger partial charge in [0, 0.05) is 6.04 Å². The van der Waals surface area contributed by atoms with Crippen LogP contribution in [0.25, 0.3) is 0 Å². The Bertz CT molecular complexity index is 435. The van der Waals surface area contributed by atoms with Crippen LogP contribution in [0.3, 0.4) is 0 Å². The molecule has 0 heterocycles. The minimum absolute atomic E-state index is 0.138. The molecule has 0 aliphatic rings. The molecule has 0 saturated heterocycles. The molecule has 0 saturated carbocycles. The van der Waals surface area contributed by atoms with Gasteiger partial charge in [-0.25, -0.2) is 0 Å². The van der Waals surface area contributed by atoms with Crippen molar-refractivity contribution in [3.63, 3.8) is 0 Å². The molecule has 0 aromatic heterocycles. The van der Waals surface area contributed by atoms with E-state index >= 15 is 0 Å². The summed E-state index contributed by atoms with van der Waals surface area (Å²) >= 11 is 0. The maximum absolute atomic E-state index is 5.45. The Morgan fingerprint density at radius 1 is 1.10 bits per heavy atom. The molecule has 0 spiro atoms. The maximum atomic E-state index is 5.45. The fraction of sp³-hybridized carbons (Fsp3) is 0.647. The fourth-order valence-electron chi connectivity index (χ4n) is 2.48. The third-order valence-corrected chi connectivity index (χ3v) is 3.55. The second-order valence-corrected chi connectivity index (χ2v) is 6.32. The van der Waals surface area contributed by atoms with Crippen molar-refractivity contribution in [2.24, 2.45) is 5.41 Å². The van der Waals surface area contributed by atoms with Gasteiger partial charge in [-0.2, -0.15) is 0 Å². The molecule has 0 radical (unpaired) electrons. The predicted octanol–water partition coefficient (Wildman–Crippen LogP) is 4.10. The minimum Gasteiger partial charge on any atom is -0.493 e. The molecule has 1 N–H and O–H groups in total. The van der Waals surface area contributed by atoms with Crippen molar-refractivity contribution in [3.05, 3.63) is 23.3 Å². The van der Waals surface area contributed by atoms with Crippen LogP contribution in [0.2, 0.25) is 0 Å². The molecule has 0 aliphatic carbocycles. The van der Waals surface area contributed by atoms with Crippen LogP contribution in [-0.4, -0.2) is 20.8 Å². The van der Waals surface area contributed by atoms with E-state index in [4.69, 9.17) is 9.47 Å². The third-order valence-electron chi connectivity index (χ3n) is 3.55. The Hall–Kier alpha value is -1.22. The topological polar surface area (TPSA) is 30.5 Å². The van der Waals surface area contributed by atoms with E-state index in [2.05, 4.69) is 52.1 Å². The van der Waals surface area contributed by atoms with Gasteiger partial charge in [-0.1, -0.05) is 27.7 Å². The first-order chi connectivity index (χ1) is 9.35. The van der Waals surface area contributed by atoms with E-state index in [9.17, 15) is 0 Å². The number of hydrogen-bond acceptors (Lipinski definition) is 3. The van der Waals surface area contributed by atoms with Crippen LogP contribution in [0.1, 0.15) is 51.3 Å². The zero-order valence-corrected chi connectivity index (χ0v) is 14.0. The van der Waals surface area contributed by atoms with Gasteiger partial charge in [-0.3, -0.25) is 0 Å². The predicted molar refractivity (Wildman–Crippen MR) is 84.8 cm³/mol. The molecule has 1 unspecified atom stereocenters. The van der Waals surface area contributed by atoms with E-state index in [1.54, 1.807) is 14.2 Å². The standard InChI is InChI=1S/C17H29NO2/c1-8-9-18-16(17(3,4)5)13-11-15(20-7)14(19-6)10-12(13)2/h10-11,16,18H,8-9H2,1-7H3. The van der Waals surface area contributed by atoms with Gasteiger partial charge in [0.25, 0.3) is 0 Å². The van der Waals surface area contributed by atoms with Gasteiger partial charge in [0.15, 0.2) is 11.5 Å². The third kappa shape index (κ3) is 3.89. The largest absolute Gasteiger partial charge is 0.493 e. The molecular weight excluding hydrogens is 250 g/mol. The van der Waals surface area contributed by atoms with Crippen molar-refractivity contribution in [2.75, 3.05) is 20.8 Å². The number of benzene rings is 1. The lowest BCUT2D eigenvalue weighted by atomic mass is 9.80. The van der Waals surface area contributed by atoms with Crippen LogP contribution in [0.5, 0.6) is 11.5 Å². The Morgan fingerprint density at radius 2 is 1.65 bits per heavy atom. The molecule has 0 fully saturated rings. The van der Waals surface area contributed by atoms with Gasteiger partial charge < -0.3 is 14.8 Å². The first-order valence-electron chi connectivity index (χ1n) is 7.31. The smallest absolute Gasteiger partial charge is 0.161 e. The van der Waals surface area contributed by atoms with Gasteiger partial charge in [0.05, 0.1) is 14.2 Å². The summed E-state index contributed by atoms with van der Waals surface area (Å²) in [7, 11) is 3.36. The number of nitrogens with one attached hydrogen (secondary N) is 1. The highest BCUT2D eigenvalue weighted by molar-refractivity contribution is 5.48. The second-order valence-electron chi connectivity index (χ2n) is 6.32. The second kappa shape index (κ2) is 6.98. The monoisotopic (exact) mass is 279 g/mol. The highest BCUT2D eigenvalue weighted by Crippen LogP contribution is 2.39.